The minimum absolute atomic E-state index is 0.0175. The lowest BCUT2D eigenvalue weighted by atomic mass is 10.2. The first-order valence-corrected chi connectivity index (χ1v) is 8.82. The zero-order chi connectivity index (χ0) is 23.7. The molecule has 0 saturated carbocycles. The summed E-state index contributed by atoms with van der Waals surface area (Å²) >= 11 is 0. The number of hydrogen-bond acceptors (Lipinski definition) is 6. The topological polar surface area (TPSA) is 99.8 Å². The summed E-state index contributed by atoms with van der Waals surface area (Å²) in [7, 11) is 1.13. The summed E-state index contributed by atoms with van der Waals surface area (Å²) in [6.07, 6.45) is -7.37. The third kappa shape index (κ3) is 5.15. The smallest absolute Gasteiger partial charge is 0.408 e. The highest BCUT2D eigenvalue weighted by molar-refractivity contribution is 6.05. The summed E-state index contributed by atoms with van der Waals surface area (Å²) in [5.41, 5.74) is -0.311. The van der Waals surface area contributed by atoms with Gasteiger partial charge in [-0.2, -0.15) is 26.3 Å². The van der Waals surface area contributed by atoms with Crippen molar-refractivity contribution in [3.05, 3.63) is 36.3 Å². The van der Waals surface area contributed by atoms with Gasteiger partial charge < -0.3 is 14.6 Å². The first-order chi connectivity index (χ1) is 14.9. The molecule has 15 heteroatoms. The molecule has 3 aromatic heterocycles. The van der Waals surface area contributed by atoms with Crippen molar-refractivity contribution in [2.24, 2.45) is 0 Å². The molecule has 172 valence electrons. The maximum absolute atomic E-state index is 13.1. The number of anilines is 1. The van der Waals surface area contributed by atoms with Gasteiger partial charge in [-0.05, 0) is 19.1 Å². The number of alkyl halides is 6. The minimum Gasteiger partial charge on any atom is -0.479 e. The van der Waals surface area contributed by atoms with Gasteiger partial charge in [0, 0.05) is 6.20 Å². The number of pyridine rings is 1. The average Bonchev–Trinajstić information content (AvgIpc) is 3.32. The van der Waals surface area contributed by atoms with Crippen molar-refractivity contribution in [1.82, 2.24) is 29.5 Å². The zero-order valence-electron chi connectivity index (χ0n) is 16.4. The van der Waals surface area contributed by atoms with E-state index < -0.39 is 30.8 Å². The average molecular weight is 463 g/mol. The summed E-state index contributed by atoms with van der Waals surface area (Å²) in [5.74, 6) is -1.51. The fourth-order valence-corrected chi connectivity index (χ4v) is 2.65. The van der Waals surface area contributed by atoms with Crippen molar-refractivity contribution >= 4 is 11.7 Å². The molecule has 0 unspecified atom stereocenters. The second kappa shape index (κ2) is 8.47. The van der Waals surface area contributed by atoms with E-state index >= 15 is 0 Å². The first-order valence-electron chi connectivity index (χ1n) is 8.82. The van der Waals surface area contributed by atoms with Crippen molar-refractivity contribution in [1.29, 1.82) is 0 Å². The van der Waals surface area contributed by atoms with Crippen LogP contribution in [0.15, 0.2) is 30.7 Å². The van der Waals surface area contributed by atoms with Crippen molar-refractivity contribution in [2.75, 3.05) is 12.4 Å². The highest BCUT2D eigenvalue weighted by Crippen LogP contribution is 2.32. The Hall–Kier alpha value is -3.65. The van der Waals surface area contributed by atoms with Crippen LogP contribution in [0.5, 0.6) is 5.88 Å². The second-order valence-corrected chi connectivity index (χ2v) is 6.51. The van der Waals surface area contributed by atoms with Crippen LogP contribution in [0.25, 0.3) is 11.5 Å². The lowest BCUT2D eigenvalue weighted by molar-refractivity contribution is -0.162. The van der Waals surface area contributed by atoms with Crippen molar-refractivity contribution in [3.63, 3.8) is 0 Å². The molecule has 0 saturated heterocycles. The summed E-state index contributed by atoms with van der Waals surface area (Å²) < 4.78 is 83.1. The number of carbonyl (C=O) groups excluding carboxylic acids is 1. The molecule has 0 aliphatic heterocycles. The molecule has 0 aromatic carbocycles. The van der Waals surface area contributed by atoms with E-state index in [1.807, 2.05) is 0 Å². The van der Waals surface area contributed by atoms with Crippen molar-refractivity contribution < 1.29 is 35.9 Å². The Bertz CT molecular complexity index is 1110. The molecular weight excluding hydrogens is 448 g/mol. The molecule has 0 aliphatic rings. The molecule has 0 fully saturated rings. The van der Waals surface area contributed by atoms with Gasteiger partial charge in [0.15, 0.2) is 5.82 Å². The Morgan fingerprint density at radius 2 is 1.94 bits per heavy atom. The monoisotopic (exact) mass is 463 g/mol. The molecule has 1 atom stereocenters. The lowest BCUT2D eigenvalue weighted by Crippen LogP contribution is -2.24. The molecule has 0 aliphatic carbocycles. The van der Waals surface area contributed by atoms with Crippen LogP contribution < -0.4 is 10.1 Å². The second-order valence-electron chi connectivity index (χ2n) is 6.51. The third-order valence-corrected chi connectivity index (χ3v) is 4.19. The van der Waals surface area contributed by atoms with Gasteiger partial charge in [0.1, 0.15) is 36.0 Å². The molecule has 9 nitrogen and oxygen atoms in total. The zero-order valence-corrected chi connectivity index (χ0v) is 16.4. The van der Waals surface area contributed by atoms with Crippen molar-refractivity contribution in [3.8, 4) is 17.4 Å². The van der Waals surface area contributed by atoms with Gasteiger partial charge >= 0.3 is 12.4 Å². The maximum atomic E-state index is 13.1. The van der Waals surface area contributed by atoms with E-state index in [4.69, 9.17) is 4.74 Å². The number of amides is 1. The molecule has 0 bridgehead atoms. The van der Waals surface area contributed by atoms with E-state index in [9.17, 15) is 31.1 Å². The number of aromatic nitrogens is 6. The standard InChI is InChI=1S/C17H15F6N7O2/c1-9(17(21,22)23)30-8-24-27-13(30)11-4-3-5-12(25-11)26-14(31)10-6-29(7-16(18,19)20)28-15(10)32-2/h3-6,8-9H,7H2,1-2H3,(H,25,26,31)/t9-/m1/s1. The number of halogens is 6. The molecule has 1 amide bonds. The number of nitrogens with one attached hydrogen (secondary N) is 1. The quantitative estimate of drug-likeness (QED) is 0.562. The van der Waals surface area contributed by atoms with E-state index in [0.29, 0.717) is 4.68 Å². The summed E-state index contributed by atoms with van der Waals surface area (Å²) in [4.78, 5) is 16.6. The van der Waals surface area contributed by atoms with Crippen LogP contribution in [-0.4, -0.2) is 54.9 Å². The molecule has 0 spiro atoms. The predicted molar refractivity (Wildman–Crippen MR) is 96.8 cm³/mol. The molecule has 3 heterocycles. The van der Waals surface area contributed by atoms with Crippen molar-refractivity contribution in [2.45, 2.75) is 31.9 Å². The maximum Gasteiger partial charge on any atom is 0.408 e. The van der Waals surface area contributed by atoms with Gasteiger partial charge in [-0.25, -0.2) is 4.98 Å². The van der Waals surface area contributed by atoms with E-state index in [-0.39, 0.29) is 28.8 Å². The Balaban J connectivity index is 1.85. The van der Waals surface area contributed by atoms with Gasteiger partial charge in [0.2, 0.25) is 5.88 Å². The number of carbonyl (C=O) groups is 1. The summed E-state index contributed by atoms with van der Waals surface area (Å²) in [5, 5.41) is 13.1. The minimum atomic E-state index is -4.57. The van der Waals surface area contributed by atoms with Crippen LogP contribution >= 0.6 is 0 Å². The molecule has 3 rings (SSSR count). The van der Waals surface area contributed by atoms with Crippen LogP contribution in [0.2, 0.25) is 0 Å². The Morgan fingerprint density at radius 3 is 2.56 bits per heavy atom. The Morgan fingerprint density at radius 1 is 1.22 bits per heavy atom. The summed E-state index contributed by atoms with van der Waals surface area (Å²) in [6, 6.07) is 2.17. The molecular formula is C17H15F6N7O2. The van der Waals surface area contributed by atoms with Gasteiger partial charge in [0.25, 0.3) is 5.91 Å². The Labute approximate surface area is 176 Å². The highest BCUT2D eigenvalue weighted by Gasteiger charge is 2.39. The third-order valence-electron chi connectivity index (χ3n) is 4.19. The number of rotatable bonds is 6. The number of hydrogen-bond donors (Lipinski definition) is 1. The highest BCUT2D eigenvalue weighted by atomic mass is 19.4. The number of methoxy groups -OCH3 is 1. The van der Waals surface area contributed by atoms with Crippen LogP contribution in [0.4, 0.5) is 32.2 Å². The van der Waals surface area contributed by atoms with Crippen LogP contribution in [0.3, 0.4) is 0 Å². The van der Waals surface area contributed by atoms with E-state index in [1.54, 1.807) is 0 Å². The predicted octanol–water partition coefficient (Wildman–Crippen LogP) is 3.48. The largest absolute Gasteiger partial charge is 0.479 e. The molecule has 3 aromatic rings. The number of ether oxygens (including phenoxy) is 1. The van der Waals surface area contributed by atoms with Gasteiger partial charge in [-0.15, -0.1) is 15.3 Å². The SMILES string of the molecule is COc1nn(CC(F)(F)F)cc1C(=O)Nc1cccc(-c2nncn2[C@H](C)C(F)(F)F)n1. The number of nitrogens with zero attached hydrogens (tertiary/aromatic N) is 6. The lowest BCUT2D eigenvalue weighted by Gasteiger charge is -2.18. The van der Waals surface area contributed by atoms with Gasteiger partial charge in [-0.3, -0.25) is 9.48 Å². The normalized spacial score (nSPS) is 13.1. The van der Waals surface area contributed by atoms with Crippen LogP contribution in [0, 0.1) is 0 Å². The van der Waals surface area contributed by atoms with E-state index in [1.165, 1.54) is 18.2 Å². The Kier molecular flexibility index (Phi) is 6.09. The van der Waals surface area contributed by atoms with Gasteiger partial charge in [-0.1, -0.05) is 6.07 Å². The van der Waals surface area contributed by atoms with Crippen LogP contribution in [0.1, 0.15) is 23.3 Å². The summed E-state index contributed by atoms with van der Waals surface area (Å²) in [6.45, 7) is -0.513. The van der Waals surface area contributed by atoms with Crippen LogP contribution in [-0.2, 0) is 6.54 Å². The fraction of sp³-hybridized carbons (Fsp3) is 0.353. The van der Waals surface area contributed by atoms with Gasteiger partial charge in [0.05, 0.1) is 7.11 Å². The van der Waals surface area contributed by atoms with E-state index in [2.05, 4.69) is 25.6 Å². The fourth-order valence-electron chi connectivity index (χ4n) is 2.65. The molecule has 0 radical (unpaired) electrons. The molecule has 32 heavy (non-hydrogen) atoms. The first kappa shape index (κ1) is 23.0. The molecule has 1 N–H and O–H groups in total. The van der Waals surface area contributed by atoms with E-state index in [0.717, 1.165) is 31.1 Å².